The van der Waals surface area contributed by atoms with Gasteiger partial charge in [0, 0.05) is 23.8 Å². The third kappa shape index (κ3) is 9.67. The summed E-state index contributed by atoms with van der Waals surface area (Å²) < 4.78 is 25.8. The van der Waals surface area contributed by atoms with Crippen LogP contribution in [0.4, 0.5) is 5.69 Å². The summed E-state index contributed by atoms with van der Waals surface area (Å²) in [6.45, 7) is 2.65. The Hall–Kier alpha value is -4.68. The van der Waals surface area contributed by atoms with Crippen molar-refractivity contribution in [2.45, 2.75) is 13.8 Å². The summed E-state index contributed by atoms with van der Waals surface area (Å²) in [6.07, 6.45) is 1.28. The molecular weight excluding hydrogens is 478 g/mol. The van der Waals surface area contributed by atoms with Gasteiger partial charge >= 0.3 is 11.9 Å². The van der Waals surface area contributed by atoms with E-state index in [1.54, 1.807) is 19.9 Å². The van der Waals surface area contributed by atoms with E-state index in [4.69, 9.17) is 23.7 Å². The van der Waals surface area contributed by atoms with Crippen LogP contribution in [0, 0.1) is 10.1 Å². The first-order chi connectivity index (χ1) is 17.3. The third-order valence-electron chi connectivity index (χ3n) is 4.11. The summed E-state index contributed by atoms with van der Waals surface area (Å²) >= 11 is 0. The molecular formula is C23H25N3O10. The first-order valence-corrected chi connectivity index (χ1v) is 10.7. The minimum atomic E-state index is -0.590. The number of amides is 1. The highest BCUT2D eigenvalue weighted by atomic mass is 16.6. The van der Waals surface area contributed by atoms with Crippen LogP contribution in [0.1, 0.15) is 19.4 Å². The molecule has 0 spiro atoms. The molecule has 0 aliphatic rings. The van der Waals surface area contributed by atoms with E-state index in [0.29, 0.717) is 5.56 Å². The van der Waals surface area contributed by atoms with Crippen LogP contribution in [0.5, 0.6) is 17.2 Å². The van der Waals surface area contributed by atoms with Crippen molar-refractivity contribution in [1.82, 2.24) is 5.43 Å². The van der Waals surface area contributed by atoms with Crippen LogP contribution in [0.25, 0.3) is 0 Å². The van der Waals surface area contributed by atoms with E-state index < -0.39 is 22.8 Å². The Bertz CT molecular complexity index is 1090. The fraction of sp³-hybridized carbons (Fsp3) is 0.304. The molecule has 192 valence electrons. The van der Waals surface area contributed by atoms with E-state index in [2.05, 4.69) is 10.5 Å². The number of benzene rings is 2. The number of rotatable bonds is 14. The molecule has 0 heterocycles. The predicted octanol–water partition coefficient (Wildman–Crippen LogP) is 2.01. The number of hydrogen-bond acceptors (Lipinski definition) is 11. The number of nitro benzene ring substituents is 1. The highest BCUT2D eigenvalue weighted by Gasteiger charge is 2.11. The molecule has 0 unspecified atom stereocenters. The number of ether oxygens (including phenoxy) is 5. The van der Waals surface area contributed by atoms with Crippen molar-refractivity contribution in [2.75, 3.05) is 33.0 Å². The predicted molar refractivity (Wildman–Crippen MR) is 125 cm³/mol. The van der Waals surface area contributed by atoms with E-state index in [1.165, 1.54) is 42.6 Å². The Labute approximate surface area is 206 Å². The standard InChI is InChI=1S/C23H25N3O10/c1-3-32-22(28)14-35-19-8-5-16(20(11-19)36-15-23(29)33-4-2)12-24-25-21(27)13-34-18-9-6-17(7-10-18)26(30)31/h5-12H,3-4,13-15H2,1-2H3,(H,25,27)/b24-12+. The van der Waals surface area contributed by atoms with Gasteiger partial charge in [-0.1, -0.05) is 0 Å². The molecule has 2 aromatic rings. The first-order valence-electron chi connectivity index (χ1n) is 10.7. The van der Waals surface area contributed by atoms with E-state index in [9.17, 15) is 24.5 Å². The van der Waals surface area contributed by atoms with Crippen LogP contribution in [0.3, 0.4) is 0 Å². The molecule has 0 atom stereocenters. The van der Waals surface area contributed by atoms with Crippen LogP contribution in [0.2, 0.25) is 0 Å². The number of carbonyl (C=O) groups excluding carboxylic acids is 3. The Morgan fingerprint density at radius 3 is 2.08 bits per heavy atom. The van der Waals surface area contributed by atoms with Crippen LogP contribution in [0.15, 0.2) is 47.6 Å². The molecule has 0 saturated heterocycles. The molecule has 0 aromatic heterocycles. The van der Waals surface area contributed by atoms with Gasteiger partial charge in [0.05, 0.1) is 24.4 Å². The van der Waals surface area contributed by atoms with Gasteiger partial charge in [-0.3, -0.25) is 14.9 Å². The van der Waals surface area contributed by atoms with Crippen molar-refractivity contribution in [1.29, 1.82) is 0 Å². The highest BCUT2D eigenvalue weighted by Crippen LogP contribution is 2.24. The van der Waals surface area contributed by atoms with Crippen molar-refractivity contribution in [3.05, 3.63) is 58.1 Å². The SMILES string of the molecule is CCOC(=O)COc1ccc(/C=N/NC(=O)COc2ccc([N+](=O)[O-])cc2)c(OCC(=O)OCC)c1. The quantitative estimate of drug-likeness (QED) is 0.174. The topological polar surface area (TPSA) is 165 Å². The number of hydrogen-bond donors (Lipinski definition) is 1. The summed E-state index contributed by atoms with van der Waals surface area (Å²) in [6, 6.07) is 9.77. The molecule has 2 aromatic carbocycles. The van der Waals surface area contributed by atoms with Gasteiger partial charge in [-0.2, -0.15) is 5.10 Å². The van der Waals surface area contributed by atoms with Crippen molar-refractivity contribution in [2.24, 2.45) is 5.10 Å². The van der Waals surface area contributed by atoms with Crippen LogP contribution in [-0.2, 0) is 23.9 Å². The number of non-ortho nitro benzene ring substituents is 1. The van der Waals surface area contributed by atoms with Gasteiger partial charge in [0.25, 0.3) is 11.6 Å². The minimum absolute atomic E-state index is 0.102. The maximum absolute atomic E-state index is 12.0. The molecule has 0 bridgehead atoms. The molecule has 1 N–H and O–H groups in total. The molecule has 36 heavy (non-hydrogen) atoms. The van der Waals surface area contributed by atoms with Gasteiger partial charge in [-0.25, -0.2) is 15.0 Å². The summed E-state index contributed by atoms with van der Waals surface area (Å²) in [5, 5.41) is 14.5. The highest BCUT2D eigenvalue weighted by molar-refractivity contribution is 5.86. The zero-order valence-corrected chi connectivity index (χ0v) is 19.6. The van der Waals surface area contributed by atoms with E-state index >= 15 is 0 Å². The lowest BCUT2D eigenvalue weighted by atomic mass is 10.2. The van der Waals surface area contributed by atoms with Gasteiger partial charge in [0.2, 0.25) is 0 Å². The molecule has 0 aliphatic heterocycles. The number of carbonyl (C=O) groups is 3. The van der Waals surface area contributed by atoms with Crippen LogP contribution < -0.4 is 19.6 Å². The molecule has 2 rings (SSSR count). The van der Waals surface area contributed by atoms with Gasteiger partial charge in [0.15, 0.2) is 19.8 Å². The largest absolute Gasteiger partial charge is 0.484 e. The number of nitro groups is 1. The molecule has 0 saturated carbocycles. The van der Waals surface area contributed by atoms with Gasteiger partial charge in [0.1, 0.15) is 17.2 Å². The molecule has 0 fully saturated rings. The molecule has 0 aliphatic carbocycles. The molecule has 13 heteroatoms. The lowest BCUT2D eigenvalue weighted by Gasteiger charge is -2.11. The average Bonchev–Trinajstić information content (AvgIpc) is 2.86. The van der Waals surface area contributed by atoms with Crippen LogP contribution in [-0.4, -0.2) is 62.0 Å². The molecule has 0 radical (unpaired) electrons. The minimum Gasteiger partial charge on any atom is -0.484 e. The van der Waals surface area contributed by atoms with Gasteiger partial charge < -0.3 is 23.7 Å². The van der Waals surface area contributed by atoms with E-state index in [0.717, 1.165) is 0 Å². The number of nitrogens with zero attached hydrogens (tertiary/aromatic N) is 2. The number of esters is 2. The normalized spacial score (nSPS) is 10.4. The average molecular weight is 503 g/mol. The second kappa shape index (κ2) is 14.6. The molecule has 1 amide bonds. The fourth-order valence-electron chi connectivity index (χ4n) is 2.54. The van der Waals surface area contributed by atoms with E-state index in [-0.39, 0.29) is 56.0 Å². The summed E-state index contributed by atoms with van der Waals surface area (Å²) in [5.41, 5.74) is 2.56. The smallest absolute Gasteiger partial charge is 0.344 e. The van der Waals surface area contributed by atoms with Gasteiger partial charge in [-0.15, -0.1) is 0 Å². The Morgan fingerprint density at radius 2 is 1.47 bits per heavy atom. The maximum Gasteiger partial charge on any atom is 0.344 e. The van der Waals surface area contributed by atoms with Crippen LogP contribution >= 0.6 is 0 Å². The zero-order valence-electron chi connectivity index (χ0n) is 19.6. The Kier molecular flexibility index (Phi) is 11.1. The van der Waals surface area contributed by atoms with Gasteiger partial charge in [-0.05, 0) is 38.1 Å². The summed E-state index contributed by atoms with van der Waals surface area (Å²) in [5.74, 6) is -0.990. The fourth-order valence-corrected chi connectivity index (χ4v) is 2.54. The van der Waals surface area contributed by atoms with E-state index in [1.807, 2.05) is 0 Å². The second-order valence-electron chi connectivity index (χ2n) is 6.72. The lowest BCUT2D eigenvalue weighted by Crippen LogP contribution is -2.24. The van der Waals surface area contributed by atoms with Crippen molar-refractivity contribution < 1.29 is 43.0 Å². The van der Waals surface area contributed by atoms with Crippen molar-refractivity contribution in [3.8, 4) is 17.2 Å². The first kappa shape index (κ1) is 27.6. The van der Waals surface area contributed by atoms with Crippen molar-refractivity contribution >= 4 is 29.7 Å². The Balaban J connectivity index is 1.99. The van der Waals surface area contributed by atoms with Crippen molar-refractivity contribution in [3.63, 3.8) is 0 Å². The Morgan fingerprint density at radius 1 is 0.889 bits per heavy atom. The number of hydrazone groups is 1. The summed E-state index contributed by atoms with van der Waals surface area (Å²) in [7, 11) is 0. The summed E-state index contributed by atoms with van der Waals surface area (Å²) in [4.78, 5) is 45.3. The third-order valence-corrected chi connectivity index (χ3v) is 4.11. The molecule has 13 nitrogen and oxygen atoms in total. The lowest BCUT2D eigenvalue weighted by molar-refractivity contribution is -0.384. The number of nitrogens with one attached hydrogen (secondary N) is 1. The maximum atomic E-state index is 12.0. The second-order valence-corrected chi connectivity index (χ2v) is 6.72. The zero-order chi connectivity index (χ0) is 26.3. The monoisotopic (exact) mass is 503 g/mol.